The van der Waals surface area contributed by atoms with Crippen molar-refractivity contribution < 1.29 is 0 Å². The predicted molar refractivity (Wildman–Crippen MR) is 251 cm³/mol. The summed E-state index contributed by atoms with van der Waals surface area (Å²) in [6.45, 7) is 0. The van der Waals surface area contributed by atoms with Crippen molar-refractivity contribution in [3.63, 3.8) is 0 Å². The molecule has 0 aliphatic rings. The Balaban J connectivity index is 1.19. The Hall–Kier alpha value is -7.94. The van der Waals surface area contributed by atoms with Crippen molar-refractivity contribution >= 4 is 0 Å². The third kappa shape index (κ3) is 7.23. The average Bonchev–Trinajstić information content (AvgIpc) is 3.35. The summed E-state index contributed by atoms with van der Waals surface area (Å²) in [4.78, 5) is 10.5. The van der Waals surface area contributed by atoms with Crippen LogP contribution in [0, 0.1) is 0 Å². The van der Waals surface area contributed by atoms with Gasteiger partial charge in [-0.05, 0) is 78.9 Å². The first kappa shape index (κ1) is 36.4. The summed E-state index contributed by atoms with van der Waals surface area (Å²) in [7, 11) is 0. The molecule has 282 valence electrons. The molecule has 0 saturated carbocycles. The van der Waals surface area contributed by atoms with Gasteiger partial charge in [0.05, 0.1) is 11.4 Å². The van der Waals surface area contributed by atoms with Gasteiger partial charge in [0.1, 0.15) is 0 Å². The third-order valence-electron chi connectivity index (χ3n) is 11.1. The molecule has 2 heteroatoms. The maximum atomic E-state index is 5.29. The minimum Gasteiger partial charge on any atom is -0.228 e. The Bertz CT molecular complexity index is 3020. The Morgan fingerprint density at radius 3 is 1.02 bits per heavy atom. The minimum atomic E-state index is 0.679. The van der Waals surface area contributed by atoms with Crippen LogP contribution in [0.2, 0.25) is 0 Å². The molecule has 0 unspecified atom stereocenters. The van der Waals surface area contributed by atoms with E-state index in [1.807, 2.05) is 6.07 Å². The van der Waals surface area contributed by atoms with E-state index in [1.54, 1.807) is 0 Å². The number of hydrogen-bond acceptors (Lipinski definition) is 2. The van der Waals surface area contributed by atoms with Crippen LogP contribution in [0.3, 0.4) is 0 Å². The lowest BCUT2D eigenvalue weighted by Gasteiger charge is -2.24. The van der Waals surface area contributed by atoms with Crippen LogP contribution in [0.25, 0.3) is 101 Å². The summed E-state index contributed by atoms with van der Waals surface area (Å²) in [5, 5.41) is 0. The molecule has 0 aliphatic heterocycles. The summed E-state index contributed by atoms with van der Waals surface area (Å²) in [5.41, 5.74) is 18.8. The molecular weight excluding hydrogens is 725 g/mol. The van der Waals surface area contributed by atoms with Crippen molar-refractivity contribution in [2.75, 3.05) is 0 Å². The second-order valence-corrected chi connectivity index (χ2v) is 14.9. The molecule has 0 bridgehead atoms. The zero-order valence-electron chi connectivity index (χ0n) is 33.0. The van der Waals surface area contributed by atoms with Gasteiger partial charge in [-0.3, -0.25) is 0 Å². The SMILES string of the molecule is c1ccc(-c2cc(-c3ccccc3-c3ccccc3)nc(-c3ccc(-c4cc(-c5ccccc5)c(-c5ccccc5)c(-c5ccccc5)c4-c4ccccc4)cc3)n2)cc1. The van der Waals surface area contributed by atoms with Crippen molar-refractivity contribution in [3.8, 4) is 101 Å². The van der Waals surface area contributed by atoms with Gasteiger partial charge in [-0.15, -0.1) is 0 Å². The van der Waals surface area contributed by atoms with E-state index in [0.717, 1.165) is 55.9 Å². The highest BCUT2D eigenvalue weighted by molar-refractivity contribution is 6.07. The molecule has 0 N–H and O–H groups in total. The highest BCUT2D eigenvalue weighted by Gasteiger charge is 2.24. The predicted octanol–water partition coefficient (Wildman–Crippen LogP) is 15.5. The van der Waals surface area contributed by atoms with Crippen molar-refractivity contribution in [2.24, 2.45) is 0 Å². The molecule has 1 aromatic heterocycles. The third-order valence-corrected chi connectivity index (χ3v) is 11.1. The number of aromatic nitrogens is 2. The summed E-state index contributed by atoms with van der Waals surface area (Å²) in [6, 6.07) is 86.0. The fourth-order valence-corrected chi connectivity index (χ4v) is 8.30. The normalized spacial score (nSPS) is 11.0. The zero-order chi connectivity index (χ0) is 40.1. The fraction of sp³-hybridized carbons (Fsp3) is 0. The Labute approximate surface area is 351 Å². The molecule has 9 aromatic carbocycles. The summed E-state index contributed by atoms with van der Waals surface area (Å²) in [5.74, 6) is 0.679. The van der Waals surface area contributed by atoms with Gasteiger partial charge in [0.15, 0.2) is 5.82 Å². The van der Waals surface area contributed by atoms with E-state index >= 15 is 0 Å². The Kier molecular flexibility index (Phi) is 10.0. The number of nitrogens with zero attached hydrogens (tertiary/aromatic N) is 2. The smallest absolute Gasteiger partial charge is 0.160 e. The molecule has 0 fully saturated rings. The number of benzene rings is 9. The monoisotopic (exact) mass is 764 g/mol. The van der Waals surface area contributed by atoms with E-state index in [0.29, 0.717) is 5.82 Å². The number of hydrogen-bond donors (Lipinski definition) is 0. The van der Waals surface area contributed by atoms with Gasteiger partial charge in [-0.2, -0.15) is 0 Å². The van der Waals surface area contributed by atoms with Crippen LogP contribution in [-0.4, -0.2) is 9.97 Å². The van der Waals surface area contributed by atoms with Gasteiger partial charge in [0.2, 0.25) is 0 Å². The standard InChI is InChI=1S/C58H40N2/c1-7-21-41(22-8-1)49-33-19-20-34-50(49)54-40-53(44-25-11-3-12-26-44)59-58(60-54)48-37-35-43(36-38-48)52-39-51(42-23-9-2-10-24-42)55(45-27-13-4-14-28-45)57(47-31-17-6-18-32-47)56(52)46-29-15-5-16-30-46/h1-40H. The molecule has 0 atom stereocenters. The van der Waals surface area contributed by atoms with E-state index in [2.05, 4.69) is 237 Å². The first-order chi connectivity index (χ1) is 29.8. The molecule has 1 heterocycles. The van der Waals surface area contributed by atoms with Crippen LogP contribution in [-0.2, 0) is 0 Å². The van der Waals surface area contributed by atoms with Gasteiger partial charge >= 0.3 is 0 Å². The van der Waals surface area contributed by atoms with E-state index in [-0.39, 0.29) is 0 Å². The van der Waals surface area contributed by atoms with E-state index in [4.69, 9.17) is 9.97 Å². The summed E-state index contributed by atoms with van der Waals surface area (Å²) < 4.78 is 0. The van der Waals surface area contributed by atoms with Crippen LogP contribution >= 0.6 is 0 Å². The summed E-state index contributed by atoms with van der Waals surface area (Å²) >= 11 is 0. The van der Waals surface area contributed by atoms with Crippen molar-refractivity contribution in [1.82, 2.24) is 9.97 Å². The van der Waals surface area contributed by atoms with Gasteiger partial charge in [0.25, 0.3) is 0 Å². The van der Waals surface area contributed by atoms with Crippen molar-refractivity contribution in [2.45, 2.75) is 0 Å². The lowest BCUT2D eigenvalue weighted by Crippen LogP contribution is -1.98. The molecule has 10 aromatic rings. The molecule has 0 amide bonds. The highest BCUT2D eigenvalue weighted by Crippen LogP contribution is 2.50. The highest BCUT2D eigenvalue weighted by atomic mass is 14.9. The van der Waals surface area contributed by atoms with Gasteiger partial charge in [-0.25, -0.2) is 9.97 Å². The largest absolute Gasteiger partial charge is 0.228 e. The molecule has 2 nitrogen and oxygen atoms in total. The second kappa shape index (κ2) is 16.5. The lowest BCUT2D eigenvalue weighted by atomic mass is 9.79. The maximum Gasteiger partial charge on any atom is 0.160 e. The molecule has 0 saturated heterocycles. The van der Waals surface area contributed by atoms with Gasteiger partial charge < -0.3 is 0 Å². The minimum absolute atomic E-state index is 0.679. The molecule has 10 rings (SSSR count). The van der Waals surface area contributed by atoms with E-state index < -0.39 is 0 Å². The summed E-state index contributed by atoms with van der Waals surface area (Å²) in [6.07, 6.45) is 0. The number of rotatable bonds is 9. The molecule has 0 radical (unpaired) electrons. The van der Waals surface area contributed by atoms with Crippen LogP contribution in [0.15, 0.2) is 243 Å². The quantitative estimate of drug-likeness (QED) is 0.146. The van der Waals surface area contributed by atoms with Gasteiger partial charge in [0, 0.05) is 16.7 Å². The van der Waals surface area contributed by atoms with E-state index in [1.165, 1.54) is 38.9 Å². The van der Waals surface area contributed by atoms with Gasteiger partial charge in [-0.1, -0.05) is 231 Å². The average molecular weight is 765 g/mol. The lowest BCUT2D eigenvalue weighted by molar-refractivity contribution is 1.18. The van der Waals surface area contributed by atoms with E-state index in [9.17, 15) is 0 Å². The topological polar surface area (TPSA) is 25.8 Å². The maximum absolute atomic E-state index is 5.29. The van der Waals surface area contributed by atoms with Crippen LogP contribution < -0.4 is 0 Å². The second-order valence-electron chi connectivity index (χ2n) is 14.9. The molecular formula is C58H40N2. The van der Waals surface area contributed by atoms with Crippen LogP contribution in [0.4, 0.5) is 0 Å². The Morgan fingerprint density at radius 2 is 0.533 bits per heavy atom. The first-order valence-electron chi connectivity index (χ1n) is 20.4. The Morgan fingerprint density at radius 1 is 0.200 bits per heavy atom. The van der Waals surface area contributed by atoms with Crippen molar-refractivity contribution in [1.29, 1.82) is 0 Å². The molecule has 0 spiro atoms. The van der Waals surface area contributed by atoms with Crippen molar-refractivity contribution in [3.05, 3.63) is 243 Å². The first-order valence-corrected chi connectivity index (χ1v) is 20.4. The zero-order valence-corrected chi connectivity index (χ0v) is 33.0. The molecule has 60 heavy (non-hydrogen) atoms. The molecule has 0 aliphatic carbocycles. The van der Waals surface area contributed by atoms with Crippen LogP contribution in [0.1, 0.15) is 0 Å². The van der Waals surface area contributed by atoms with Crippen LogP contribution in [0.5, 0.6) is 0 Å². The fourth-order valence-electron chi connectivity index (χ4n) is 8.30.